The summed E-state index contributed by atoms with van der Waals surface area (Å²) in [4.78, 5) is 44.1. The molecule has 1 aromatic carbocycles. The Kier molecular flexibility index (Phi) is 12.7. The number of benzene rings is 1. The van der Waals surface area contributed by atoms with E-state index in [-0.39, 0.29) is 11.8 Å². The van der Waals surface area contributed by atoms with Crippen molar-refractivity contribution in [3.05, 3.63) is 83.8 Å². The Morgan fingerprint density at radius 1 is 1.07 bits per heavy atom. The molecule has 10 nitrogen and oxygen atoms in total. The molecule has 226 valence electrons. The molecule has 43 heavy (non-hydrogen) atoms. The fourth-order valence-electron chi connectivity index (χ4n) is 4.06. The van der Waals surface area contributed by atoms with Crippen molar-refractivity contribution in [1.82, 2.24) is 24.8 Å². The van der Waals surface area contributed by atoms with E-state index in [0.29, 0.717) is 30.3 Å². The summed E-state index contributed by atoms with van der Waals surface area (Å²) in [6.07, 6.45) is 10.4. The molecule has 2 amide bonds. The van der Waals surface area contributed by atoms with Crippen LogP contribution in [0, 0.1) is 11.8 Å². The van der Waals surface area contributed by atoms with Crippen molar-refractivity contribution in [3.8, 4) is 11.8 Å². The van der Waals surface area contributed by atoms with Crippen LogP contribution in [0.2, 0.25) is 0 Å². The SMILES string of the molecule is CCCN(C)c1nc(NCCc2ccncc2)ncc1C#Cc1cccc(NC(=O)[C@H](C)N(C)C(=O)/C=C/CN(C)C)c1. The summed E-state index contributed by atoms with van der Waals surface area (Å²) in [5, 5.41) is 6.21. The first-order valence-electron chi connectivity index (χ1n) is 14.4. The molecule has 0 aliphatic heterocycles. The number of pyridine rings is 1. The number of amides is 2. The van der Waals surface area contributed by atoms with Crippen molar-refractivity contribution < 1.29 is 9.59 Å². The molecule has 0 aliphatic carbocycles. The van der Waals surface area contributed by atoms with Gasteiger partial charge in [0.15, 0.2) is 0 Å². The van der Waals surface area contributed by atoms with Crippen LogP contribution in [0.1, 0.15) is 37.0 Å². The lowest BCUT2D eigenvalue weighted by Crippen LogP contribution is -2.42. The average molecular weight is 583 g/mol. The van der Waals surface area contributed by atoms with Crippen LogP contribution in [-0.4, -0.2) is 90.4 Å². The smallest absolute Gasteiger partial charge is 0.246 e. The Morgan fingerprint density at radius 3 is 2.56 bits per heavy atom. The molecule has 3 aromatic rings. The van der Waals surface area contributed by atoms with E-state index in [2.05, 4.69) is 44.3 Å². The Hall–Kier alpha value is -4.75. The van der Waals surface area contributed by atoms with Gasteiger partial charge < -0.3 is 25.3 Å². The van der Waals surface area contributed by atoms with Gasteiger partial charge >= 0.3 is 0 Å². The van der Waals surface area contributed by atoms with E-state index in [1.54, 1.807) is 44.7 Å². The van der Waals surface area contributed by atoms with Crippen LogP contribution in [0.3, 0.4) is 0 Å². The standard InChI is InChI=1S/C33H42N8O2/c1-7-21-40(5)31-28(24-36-33(38-31)35-20-17-26-15-18-34-19-16-26)14-13-27-10-8-11-29(23-27)37-32(43)25(2)41(6)30(42)12-9-22-39(3)4/h8-12,15-16,18-19,23-25H,7,17,20-22H2,1-6H3,(H,37,43)(H,35,36,38)/b12-9+/t25-/m0/s1. The van der Waals surface area contributed by atoms with Crippen molar-refractivity contribution in [2.45, 2.75) is 32.7 Å². The van der Waals surface area contributed by atoms with E-state index < -0.39 is 6.04 Å². The lowest BCUT2D eigenvalue weighted by Gasteiger charge is -2.23. The molecule has 2 heterocycles. The molecular formula is C33H42N8O2. The minimum absolute atomic E-state index is 0.231. The molecule has 0 spiro atoms. The lowest BCUT2D eigenvalue weighted by atomic mass is 10.1. The van der Waals surface area contributed by atoms with E-state index in [1.165, 1.54) is 16.5 Å². The monoisotopic (exact) mass is 582 g/mol. The minimum atomic E-state index is -0.656. The molecule has 0 unspecified atom stereocenters. The van der Waals surface area contributed by atoms with Crippen LogP contribution in [0.15, 0.2) is 67.1 Å². The maximum Gasteiger partial charge on any atom is 0.246 e. The summed E-state index contributed by atoms with van der Waals surface area (Å²) in [6, 6.07) is 10.6. The zero-order valence-electron chi connectivity index (χ0n) is 26.0. The molecule has 0 bridgehead atoms. The van der Waals surface area contributed by atoms with Crippen LogP contribution in [0.25, 0.3) is 0 Å². The number of anilines is 3. The molecule has 0 aliphatic rings. The number of carbonyl (C=O) groups excluding carboxylic acids is 2. The molecular weight excluding hydrogens is 540 g/mol. The fourth-order valence-corrected chi connectivity index (χ4v) is 4.06. The highest BCUT2D eigenvalue weighted by Crippen LogP contribution is 2.18. The number of likely N-dealkylation sites (N-methyl/N-ethyl adjacent to an activating group) is 2. The van der Waals surface area contributed by atoms with Gasteiger partial charge in [-0.25, -0.2) is 4.98 Å². The third-order valence-corrected chi connectivity index (χ3v) is 6.65. The minimum Gasteiger partial charge on any atom is -0.358 e. The number of hydrogen-bond donors (Lipinski definition) is 2. The Bertz CT molecular complexity index is 1450. The van der Waals surface area contributed by atoms with Crippen LogP contribution in [0.5, 0.6) is 0 Å². The summed E-state index contributed by atoms with van der Waals surface area (Å²) >= 11 is 0. The second-order valence-electron chi connectivity index (χ2n) is 10.5. The summed E-state index contributed by atoms with van der Waals surface area (Å²) in [6.45, 7) is 5.98. The molecule has 1 atom stereocenters. The van der Waals surface area contributed by atoms with Crippen LogP contribution >= 0.6 is 0 Å². The summed E-state index contributed by atoms with van der Waals surface area (Å²) in [5.41, 5.74) is 3.22. The highest BCUT2D eigenvalue weighted by molar-refractivity contribution is 5.98. The van der Waals surface area contributed by atoms with Gasteiger partial charge in [0.1, 0.15) is 11.9 Å². The predicted molar refractivity (Wildman–Crippen MR) is 173 cm³/mol. The van der Waals surface area contributed by atoms with Crippen molar-refractivity contribution in [3.63, 3.8) is 0 Å². The molecule has 2 N–H and O–H groups in total. The number of carbonyl (C=O) groups is 2. The normalized spacial score (nSPS) is 11.5. The third kappa shape index (κ3) is 10.5. The Morgan fingerprint density at radius 2 is 1.84 bits per heavy atom. The quantitative estimate of drug-likeness (QED) is 0.232. The maximum atomic E-state index is 12.9. The number of hydrogen-bond acceptors (Lipinski definition) is 8. The number of aromatic nitrogens is 3. The molecule has 0 saturated heterocycles. The number of nitrogens with one attached hydrogen (secondary N) is 2. The Labute approximate surface area is 255 Å². The maximum absolute atomic E-state index is 12.9. The second-order valence-corrected chi connectivity index (χ2v) is 10.5. The molecule has 3 rings (SSSR count). The van der Waals surface area contributed by atoms with Gasteiger partial charge in [0.25, 0.3) is 0 Å². The number of nitrogens with zero attached hydrogens (tertiary/aromatic N) is 6. The number of rotatable bonds is 13. The predicted octanol–water partition coefficient (Wildman–Crippen LogP) is 3.68. The van der Waals surface area contributed by atoms with E-state index in [1.807, 2.05) is 56.4 Å². The zero-order valence-corrected chi connectivity index (χ0v) is 26.0. The average Bonchev–Trinajstić information content (AvgIpc) is 3.00. The van der Waals surface area contributed by atoms with Gasteiger partial charge in [-0.15, -0.1) is 0 Å². The van der Waals surface area contributed by atoms with Gasteiger partial charge in [-0.2, -0.15) is 4.98 Å². The Balaban J connectivity index is 1.70. The van der Waals surface area contributed by atoms with E-state index in [9.17, 15) is 9.59 Å². The largest absolute Gasteiger partial charge is 0.358 e. The topological polar surface area (TPSA) is 107 Å². The first-order chi connectivity index (χ1) is 20.7. The van der Waals surface area contributed by atoms with Gasteiger partial charge in [0.05, 0.1) is 11.8 Å². The second kappa shape index (κ2) is 16.6. The molecule has 10 heteroatoms. The van der Waals surface area contributed by atoms with Gasteiger partial charge in [-0.05, 0) is 69.8 Å². The van der Waals surface area contributed by atoms with E-state index in [0.717, 1.165) is 30.8 Å². The third-order valence-electron chi connectivity index (χ3n) is 6.65. The van der Waals surface area contributed by atoms with Crippen molar-refractivity contribution >= 4 is 29.3 Å². The summed E-state index contributed by atoms with van der Waals surface area (Å²) < 4.78 is 0. The molecule has 0 fully saturated rings. The summed E-state index contributed by atoms with van der Waals surface area (Å²) in [5.74, 6) is 7.18. The van der Waals surface area contributed by atoms with Crippen molar-refractivity contribution in [2.75, 3.05) is 63.4 Å². The van der Waals surface area contributed by atoms with Crippen LogP contribution in [-0.2, 0) is 16.0 Å². The highest BCUT2D eigenvalue weighted by Gasteiger charge is 2.21. The summed E-state index contributed by atoms with van der Waals surface area (Å²) in [7, 11) is 7.46. The van der Waals surface area contributed by atoms with Crippen molar-refractivity contribution in [2.24, 2.45) is 0 Å². The molecule has 0 saturated carbocycles. The van der Waals surface area contributed by atoms with Gasteiger partial charge in [0.2, 0.25) is 17.8 Å². The van der Waals surface area contributed by atoms with Gasteiger partial charge in [-0.3, -0.25) is 14.6 Å². The van der Waals surface area contributed by atoms with E-state index >= 15 is 0 Å². The fraction of sp³-hybridized carbons (Fsp3) is 0.364. The molecule has 2 aromatic heterocycles. The lowest BCUT2D eigenvalue weighted by molar-refractivity contribution is -0.132. The first-order valence-corrected chi connectivity index (χ1v) is 14.4. The van der Waals surface area contributed by atoms with Crippen LogP contribution < -0.4 is 15.5 Å². The zero-order chi connectivity index (χ0) is 31.2. The molecule has 0 radical (unpaired) electrons. The van der Waals surface area contributed by atoms with E-state index in [4.69, 9.17) is 4.98 Å². The highest BCUT2D eigenvalue weighted by atomic mass is 16.2. The van der Waals surface area contributed by atoms with Gasteiger partial charge in [0, 0.05) is 63.5 Å². The van der Waals surface area contributed by atoms with Crippen LogP contribution in [0.4, 0.5) is 17.5 Å². The van der Waals surface area contributed by atoms with Crippen molar-refractivity contribution in [1.29, 1.82) is 0 Å². The first kappa shape index (κ1) is 32.8. The van der Waals surface area contributed by atoms with Gasteiger partial charge in [-0.1, -0.05) is 30.9 Å².